The molecule has 0 amide bonds. The number of hydrogen-bond donors (Lipinski definition) is 0. The van der Waals surface area contributed by atoms with E-state index in [0.29, 0.717) is 16.0 Å². The van der Waals surface area contributed by atoms with Crippen LogP contribution in [0.5, 0.6) is 0 Å². The van der Waals surface area contributed by atoms with E-state index in [1.54, 1.807) is 0 Å². The van der Waals surface area contributed by atoms with Gasteiger partial charge in [0.05, 0.1) is 10.1 Å². The van der Waals surface area contributed by atoms with E-state index in [2.05, 4.69) is 20.4 Å². The molecule has 0 aliphatic carbocycles. The largest absolute Gasteiger partial charge is 0.0975 e. The summed E-state index contributed by atoms with van der Waals surface area (Å²) in [5.74, 6) is 0.494. The molecule has 0 radical (unpaired) electrons. The number of halogens is 2. The Labute approximate surface area is 84.6 Å². The highest BCUT2D eigenvalue weighted by molar-refractivity contribution is 6.41. The van der Waals surface area contributed by atoms with E-state index in [9.17, 15) is 0 Å². The Bertz CT molecular complexity index is 222. The molecule has 0 nitrogen and oxygen atoms in total. The maximum Gasteiger partial charge on any atom is 0.0591 e. The smallest absolute Gasteiger partial charge is 0.0591 e. The van der Waals surface area contributed by atoms with Gasteiger partial charge in [0.2, 0.25) is 0 Å². The molecule has 12 heavy (non-hydrogen) atoms. The van der Waals surface area contributed by atoms with Crippen LogP contribution < -0.4 is 0 Å². The van der Waals surface area contributed by atoms with Crippen LogP contribution in [0.2, 0.25) is 0 Å². The van der Waals surface area contributed by atoms with E-state index < -0.39 is 0 Å². The van der Waals surface area contributed by atoms with Gasteiger partial charge in [-0.25, -0.2) is 0 Å². The second kappa shape index (κ2) is 5.45. The molecular formula is C10H14Cl2. The molecule has 0 unspecified atom stereocenters. The molecule has 0 rings (SSSR count). The lowest BCUT2D eigenvalue weighted by molar-refractivity contribution is 0.769. The van der Waals surface area contributed by atoms with Crippen LogP contribution in [0.1, 0.15) is 20.8 Å². The van der Waals surface area contributed by atoms with Crippen molar-refractivity contribution in [3.63, 3.8) is 0 Å². The first kappa shape index (κ1) is 11.8. The molecule has 0 aliphatic heterocycles. The zero-order valence-corrected chi connectivity index (χ0v) is 9.21. The molecule has 0 saturated heterocycles. The van der Waals surface area contributed by atoms with Crippen LogP contribution in [0.4, 0.5) is 0 Å². The van der Waals surface area contributed by atoms with Crippen LogP contribution in [-0.2, 0) is 0 Å². The van der Waals surface area contributed by atoms with Crippen LogP contribution in [0.25, 0.3) is 0 Å². The zero-order valence-electron chi connectivity index (χ0n) is 7.70. The van der Waals surface area contributed by atoms with Gasteiger partial charge in [-0.3, -0.25) is 0 Å². The second-order valence-electron chi connectivity index (χ2n) is 2.94. The van der Waals surface area contributed by atoms with Gasteiger partial charge in [-0.15, -0.1) is 0 Å². The van der Waals surface area contributed by atoms with E-state index >= 15 is 0 Å². The highest BCUT2D eigenvalue weighted by Gasteiger charge is 1.99. The summed E-state index contributed by atoms with van der Waals surface area (Å²) in [6.07, 6.45) is 3.41. The third-order valence-corrected chi connectivity index (χ3v) is 2.44. The Morgan fingerprint density at radius 2 is 1.75 bits per heavy atom. The van der Waals surface area contributed by atoms with Crippen LogP contribution in [0.15, 0.2) is 34.4 Å². The highest BCUT2D eigenvalue weighted by Crippen LogP contribution is 2.20. The van der Waals surface area contributed by atoms with Gasteiger partial charge >= 0.3 is 0 Å². The van der Waals surface area contributed by atoms with Gasteiger partial charge in [0.1, 0.15) is 0 Å². The Balaban J connectivity index is 4.64. The average molecular weight is 205 g/mol. The third-order valence-electron chi connectivity index (χ3n) is 1.67. The van der Waals surface area contributed by atoms with Crippen molar-refractivity contribution in [2.24, 2.45) is 5.92 Å². The standard InChI is InChI=1S/C10H14Cl2/c1-5-9(11)10(12)6-8(4)7(2)3/h5-7H,1H2,2-4H3/b8-6+,10-9-. The predicted molar refractivity (Wildman–Crippen MR) is 57.5 cm³/mol. The summed E-state index contributed by atoms with van der Waals surface area (Å²) in [6, 6.07) is 0. The van der Waals surface area contributed by atoms with Gasteiger partial charge in [-0.05, 0) is 25.0 Å². The van der Waals surface area contributed by atoms with Crippen molar-refractivity contribution in [2.45, 2.75) is 20.8 Å². The number of allylic oxidation sites excluding steroid dienone is 5. The van der Waals surface area contributed by atoms with Crippen molar-refractivity contribution in [1.82, 2.24) is 0 Å². The molecule has 0 aromatic rings. The summed E-state index contributed by atoms with van der Waals surface area (Å²) < 4.78 is 0. The van der Waals surface area contributed by atoms with E-state index in [1.165, 1.54) is 11.6 Å². The fourth-order valence-electron chi connectivity index (χ4n) is 0.533. The van der Waals surface area contributed by atoms with Crippen molar-refractivity contribution in [3.8, 4) is 0 Å². The minimum Gasteiger partial charge on any atom is -0.0975 e. The van der Waals surface area contributed by atoms with Gasteiger partial charge in [-0.2, -0.15) is 0 Å². The molecule has 0 saturated carbocycles. The van der Waals surface area contributed by atoms with E-state index in [4.69, 9.17) is 23.2 Å². The zero-order chi connectivity index (χ0) is 9.72. The third kappa shape index (κ3) is 3.99. The van der Waals surface area contributed by atoms with E-state index in [0.717, 1.165) is 0 Å². The molecule has 0 N–H and O–H groups in total. The van der Waals surface area contributed by atoms with Crippen LogP contribution in [0, 0.1) is 5.92 Å². The first-order chi connectivity index (χ1) is 5.49. The highest BCUT2D eigenvalue weighted by atomic mass is 35.5. The van der Waals surface area contributed by atoms with Gasteiger partial charge < -0.3 is 0 Å². The van der Waals surface area contributed by atoms with Crippen molar-refractivity contribution in [3.05, 3.63) is 34.4 Å². The minimum absolute atomic E-state index is 0.494. The maximum atomic E-state index is 5.87. The van der Waals surface area contributed by atoms with Crippen LogP contribution >= 0.6 is 23.2 Å². The molecule has 0 heterocycles. The molecule has 0 spiro atoms. The lowest BCUT2D eigenvalue weighted by Gasteiger charge is -2.04. The molecule has 0 atom stereocenters. The summed E-state index contributed by atoms with van der Waals surface area (Å²) in [5, 5.41) is 1.05. The Hall–Kier alpha value is -0.200. The summed E-state index contributed by atoms with van der Waals surface area (Å²) in [5.41, 5.74) is 1.21. The normalized spacial score (nSPS) is 14.7. The summed E-state index contributed by atoms with van der Waals surface area (Å²) in [4.78, 5) is 0. The minimum atomic E-state index is 0.494. The Kier molecular flexibility index (Phi) is 5.36. The molecule has 0 aromatic carbocycles. The van der Waals surface area contributed by atoms with Crippen LogP contribution in [-0.4, -0.2) is 0 Å². The fraction of sp³-hybridized carbons (Fsp3) is 0.400. The van der Waals surface area contributed by atoms with Crippen LogP contribution in [0.3, 0.4) is 0 Å². The monoisotopic (exact) mass is 204 g/mol. The van der Waals surface area contributed by atoms with Gasteiger partial charge in [0.15, 0.2) is 0 Å². The topological polar surface area (TPSA) is 0 Å². The lowest BCUT2D eigenvalue weighted by atomic mass is 10.1. The van der Waals surface area contributed by atoms with Crippen molar-refractivity contribution in [2.75, 3.05) is 0 Å². The predicted octanol–water partition coefficient (Wildman–Crippen LogP) is 4.46. The van der Waals surface area contributed by atoms with E-state index in [-0.39, 0.29) is 0 Å². The molecule has 0 aromatic heterocycles. The Morgan fingerprint density at radius 1 is 1.25 bits per heavy atom. The van der Waals surface area contributed by atoms with Gasteiger partial charge in [0.25, 0.3) is 0 Å². The molecular weight excluding hydrogens is 191 g/mol. The summed E-state index contributed by atoms with van der Waals surface area (Å²) in [7, 11) is 0. The van der Waals surface area contributed by atoms with Gasteiger partial charge in [0, 0.05) is 0 Å². The van der Waals surface area contributed by atoms with Crippen molar-refractivity contribution >= 4 is 23.2 Å². The lowest BCUT2D eigenvalue weighted by Crippen LogP contribution is -1.88. The van der Waals surface area contributed by atoms with E-state index in [1.807, 2.05) is 13.0 Å². The molecule has 0 fully saturated rings. The number of hydrogen-bond acceptors (Lipinski definition) is 0. The fourth-order valence-corrected chi connectivity index (χ4v) is 0.837. The average Bonchev–Trinajstić information content (AvgIpc) is 2.02. The quantitative estimate of drug-likeness (QED) is 0.596. The summed E-state index contributed by atoms with van der Waals surface area (Å²) >= 11 is 11.6. The molecule has 68 valence electrons. The molecule has 0 bridgehead atoms. The second-order valence-corrected chi connectivity index (χ2v) is 3.76. The Morgan fingerprint density at radius 3 is 2.08 bits per heavy atom. The van der Waals surface area contributed by atoms with Gasteiger partial charge in [-0.1, -0.05) is 49.2 Å². The SMILES string of the molecule is C=C/C(Cl)=C(Cl)\C=C(/C)C(C)C. The first-order valence-corrected chi connectivity index (χ1v) is 4.60. The number of rotatable bonds is 3. The summed E-state index contributed by atoms with van der Waals surface area (Å²) in [6.45, 7) is 9.78. The maximum absolute atomic E-state index is 5.87. The molecule has 0 aliphatic rings. The molecule has 2 heteroatoms. The van der Waals surface area contributed by atoms with Crippen molar-refractivity contribution < 1.29 is 0 Å². The first-order valence-electron chi connectivity index (χ1n) is 3.85. The van der Waals surface area contributed by atoms with Crippen molar-refractivity contribution in [1.29, 1.82) is 0 Å².